The number of hydrogen-bond donors (Lipinski definition) is 0. The molecule has 0 saturated carbocycles. The molecule has 96 valence electrons. The van der Waals surface area contributed by atoms with Gasteiger partial charge in [-0.05, 0) is 18.2 Å². The van der Waals surface area contributed by atoms with E-state index in [1.165, 1.54) is 0 Å². The van der Waals surface area contributed by atoms with Gasteiger partial charge in [0.1, 0.15) is 12.2 Å². The minimum Gasteiger partial charge on any atom is -0.493 e. The van der Waals surface area contributed by atoms with Crippen LogP contribution in [-0.4, -0.2) is 7.11 Å². The summed E-state index contributed by atoms with van der Waals surface area (Å²) in [6.45, 7) is 0.456. The Bertz CT molecular complexity index is 685. The van der Waals surface area contributed by atoms with Crippen LogP contribution in [-0.2, 0) is 6.61 Å². The van der Waals surface area contributed by atoms with Gasteiger partial charge in [0.05, 0.1) is 13.4 Å². The highest BCUT2D eigenvalue weighted by atomic mass is 16.5. The maximum absolute atomic E-state index is 5.80. The monoisotopic (exact) mass is 254 g/mol. The van der Waals surface area contributed by atoms with E-state index in [1.807, 2.05) is 48.5 Å². The van der Waals surface area contributed by atoms with Gasteiger partial charge < -0.3 is 13.9 Å². The Kier molecular flexibility index (Phi) is 3.11. The second kappa shape index (κ2) is 5.06. The lowest BCUT2D eigenvalue weighted by Gasteiger charge is -2.09. The molecule has 3 aromatic rings. The number of benzene rings is 2. The molecule has 0 bridgehead atoms. The Balaban J connectivity index is 1.82. The van der Waals surface area contributed by atoms with Gasteiger partial charge in [-0.2, -0.15) is 0 Å². The zero-order valence-corrected chi connectivity index (χ0v) is 10.6. The first kappa shape index (κ1) is 11.7. The van der Waals surface area contributed by atoms with Crippen LogP contribution in [0.2, 0.25) is 0 Å². The van der Waals surface area contributed by atoms with Gasteiger partial charge in [0.25, 0.3) is 0 Å². The first-order chi connectivity index (χ1) is 9.38. The lowest BCUT2D eigenvalue weighted by molar-refractivity contribution is 0.284. The summed E-state index contributed by atoms with van der Waals surface area (Å²) in [6.07, 6.45) is 1.74. The molecular formula is C16H14O3. The quantitative estimate of drug-likeness (QED) is 0.704. The Morgan fingerprint density at radius 2 is 1.68 bits per heavy atom. The minimum atomic E-state index is 0.456. The summed E-state index contributed by atoms with van der Waals surface area (Å²) in [4.78, 5) is 0. The van der Waals surface area contributed by atoms with E-state index in [-0.39, 0.29) is 0 Å². The molecule has 0 spiro atoms. The molecule has 0 aliphatic carbocycles. The molecule has 3 nitrogen and oxygen atoms in total. The number of hydrogen-bond acceptors (Lipinski definition) is 3. The van der Waals surface area contributed by atoms with Gasteiger partial charge in [-0.25, -0.2) is 0 Å². The molecule has 0 radical (unpaired) electrons. The van der Waals surface area contributed by atoms with E-state index in [2.05, 4.69) is 0 Å². The molecule has 1 heterocycles. The molecule has 0 aliphatic rings. The van der Waals surface area contributed by atoms with Crippen molar-refractivity contribution in [3.63, 3.8) is 0 Å². The minimum absolute atomic E-state index is 0.456. The van der Waals surface area contributed by atoms with E-state index in [4.69, 9.17) is 13.9 Å². The van der Waals surface area contributed by atoms with E-state index in [9.17, 15) is 0 Å². The van der Waals surface area contributed by atoms with Gasteiger partial charge in [-0.1, -0.05) is 30.3 Å². The molecule has 0 unspecified atom stereocenters. The van der Waals surface area contributed by atoms with Crippen molar-refractivity contribution in [2.45, 2.75) is 6.61 Å². The summed E-state index contributed by atoms with van der Waals surface area (Å²) < 4.78 is 16.5. The van der Waals surface area contributed by atoms with Crippen LogP contribution < -0.4 is 9.47 Å². The molecule has 1 aromatic heterocycles. The largest absolute Gasteiger partial charge is 0.493 e. The Morgan fingerprint density at radius 3 is 2.53 bits per heavy atom. The Morgan fingerprint density at radius 1 is 0.947 bits per heavy atom. The van der Waals surface area contributed by atoms with E-state index in [1.54, 1.807) is 13.4 Å². The molecule has 3 rings (SSSR count). The zero-order valence-electron chi connectivity index (χ0n) is 10.6. The second-order valence-corrected chi connectivity index (χ2v) is 4.20. The molecule has 0 N–H and O–H groups in total. The third kappa shape index (κ3) is 2.27. The summed E-state index contributed by atoms with van der Waals surface area (Å²) in [7, 11) is 1.63. The van der Waals surface area contributed by atoms with Crippen molar-refractivity contribution in [3.05, 3.63) is 60.4 Å². The summed E-state index contributed by atoms with van der Waals surface area (Å²) in [5.74, 6) is 1.46. The summed E-state index contributed by atoms with van der Waals surface area (Å²) in [5, 5.41) is 1.08. The molecule has 0 saturated heterocycles. The number of fused-ring (bicyclic) bond motifs is 1. The summed E-state index contributed by atoms with van der Waals surface area (Å²) >= 11 is 0. The zero-order chi connectivity index (χ0) is 13.1. The van der Waals surface area contributed by atoms with Crippen LogP contribution in [0.1, 0.15) is 5.56 Å². The van der Waals surface area contributed by atoms with Crippen LogP contribution in [0.25, 0.3) is 11.0 Å². The van der Waals surface area contributed by atoms with Crippen LogP contribution in [0, 0.1) is 0 Å². The van der Waals surface area contributed by atoms with Crippen LogP contribution in [0.5, 0.6) is 11.5 Å². The molecular weight excluding hydrogens is 240 g/mol. The van der Waals surface area contributed by atoms with Gasteiger partial charge in [0.2, 0.25) is 0 Å². The van der Waals surface area contributed by atoms with Crippen molar-refractivity contribution in [1.82, 2.24) is 0 Å². The van der Waals surface area contributed by atoms with Crippen molar-refractivity contribution in [3.8, 4) is 11.5 Å². The van der Waals surface area contributed by atoms with Gasteiger partial charge in [-0.3, -0.25) is 0 Å². The van der Waals surface area contributed by atoms with E-state index >= 15 is 0 Å². The number of rotatable bonds is 4. The Labute approximate surface area is 111 Å². The smallest absolute Gasteiger partial charge is 0.161 e. The predicted octanol–water partition coefficient (Wildman–Crippen LogP) is 4.02. The lowest BCUT2D eigenvalue weighted by Crippen LogP contribution is -1.96. The van der Waals surface area contributed by atoms with Gasteiger partial charge in [0, 0.05) is 10.9 Å². The van der Waals surface area contributed by atoms with Crippen LogP contribution >= 0.6 is 0 Å². The second-order valence-electron chi connectivity index (χ2n) is 4.20. The van der Waals surface area contributed by atoms with Crippen LogP contribution in [0.4, 0.5) is 0 Å². The molecule has 0 fully saturated rings. The molecule has 0 atom stereocenters. The third-order valence-electron chi connectivity index (χ3n) is 3.01. The maximum atomic E-state index is 5.80. The highest BCUT2D eigenvalue weighted by molar-refractivity contribution is 5.80. The topological polar surface area (TPSA) is 31.6 Å². The van der Waals surface area contributed by atoms with Crippen molar-refractivity contribution in [2.75, 3.05) is 7.11 Å². The normalized spacial score (nSPS) is 10.6. The maximum Gasteiger partial charge on any atom is 0.161 e. The molecule has 0 aliphatic heterocycles. The van der Waals surface area contributed by atoms with Crippen LogP contribution in [0.3, 0.4) is 0 Å². The molecule has 2 aromatic carbocycles. The fourth-order valence-electron chi connectivity index (χ4n) is 2.04. The van der Waals surface area contributed by atoms with Crippen molar-refractivity contribution in [2.24, 2.45) is 0 Å². The van der Waals surface area contributed by atoms with Crippen molar-refractivity contribution < 1.29 is 13.9 Å². The number of para-hydroxylation sites is 3. The predicted molar refractivity (Wildman–Crippen MR) is 73.5 cm³/mol. The third-order valence-corrected chi connectivity index (χ3v) is 3.01. The number of ether oxygens (including phenoxy) is 2. The van der Waals surface area contributed by atoms with Crippen molar-refractivity contribution in [1.29, 1.82) is 0 Å². The SMILES string of the molecule is COc1ccccc1OCc1coc2ccccc12. The fourth-order valence-corrected chi connectivity index (χ4v) is 2.04. The Hall–Kier alpha value is -2.42. The fraction of sp³-hybridized carbons (Fsp3) is 0.125. The highest BCUT2D eigenvalue weighted by Crippen LogP contribution is 2.28. The first-order valence-corrected chi connectivity index (χ1v) is 6.09. The van der Waals surface area contributed by atoms with Gasteiger partial charge in [-0.15, -0.1) is 0 Å². The standard InChI is InChI=1S/C16H14O3/c1-17-15-8-4-5-9-16(15)19-11-12-10-18-14-7-3-2-6-13(12)14/h2-10H,11H2,1H3. The van der Waals surface area contributed by atoms with Gasteiger partial charge >= 0.3 is 0 Å². The summed E-state index contributed by atoms with van der Waals surface area (Å²) in [6, 6.07) is 15.5. The summed E-state index contributed by atoms with van der Waals surface area (Å²) in [5.41, 5.74) is 1.91. The average molecular weight is 254 g/mol. The number of furan rings is 1. The van der Waals surface area contributed by atoms with Gasteiger partial charge in [0.15, 0.2) is 11.5 Å². The van der Waals surface area contributed by atoms with E-state index in [0.717, 1.165) is 28.0 Å². The van der Waals surface area contributed by atoms with Crippen molar-refractivity contribution >= 4 is 11.0 Å². The highest BCUT2D eigenvalue weighted by Gasteiger charge is 2.07. The molecule has 3 heteroatoms. The lowest BCUT2D eigenvalue weighted by atomic mass is 10.2. The number of methoxy groups -OCH3 is 1. The average Bonchev–Trinajstić information content (AvgIpc) is 2.89. The van der Waals surface area contributed by atoms with E-state index in [0.29, 0.717) is 6.61 Å². The first-order valence-electron chi connectivity index (χ1n) is 6.09. The molecule has 19 heavy (non-hydrogen) atoms. The molecule has 0 amide bonds. The van der Waals surface area contributed by atoms with E-state index < -0.39 is 0 Å². The van der Waals surface area contributed by atoms with Crippen LogP contribution in [0.15, 0.2) is 59.2 Å².